The van der Waals surface area contributed by atoms with Crippen LogP contribution in [0.4, 0.5) is 0 Å². The summed E-state index contributed by atoms with van der Waals surface area (Å²) >= 11 is 3.43. The SMILES string of the molecule is COc1ccc(Br)cc1/C=C/C(=O)N1CCC(C)CC1. The zero-order chi connectivity index (χ0) is 14.5. The van der Waals surface area contributed by atoms with Gasteiger partial charge in [0.25, 0.3) is 0 Å². The lowest BCUT2D eigenvalue weighted by molar-refractivity contribution is -0.127. The lowest BCUT2D eigenvalue weighted by atomic mass is 9.99. The van der Waals surface area contributed by atoms with Crippen molar-refractivity contribution in [1.29, 1.82) is 0 Å². The number of rotatable bonds is 3. The van der Waals surface area contributed by atoms with Gasteiger partial charge in [0.05, 0.1) is 7.11 Å². The van der Waals surface area contributed by atoms with Crippen molar-refractivity contribution in [2.45, 2.75) is 19.8 Å². The molecule has 0 unspecified atom stereocenters. The van der Waals surface area contributed by atoms with Crippen molar-refractivity contribution in [2.75, 3.05) is 20.2 Å². The number of amides is 1. The van der Waals surface area contributed by atoms with E-state index in [-0.39, 0.29) is 5.91 Å². The Hall–Kier alpha value is -1.29. The lowest BCUT2D eigenvalue weighted by Crippen LogP contribution is -2.36. The first kappa shape index (κ1) is 15.1. The summed E-state index contributed by atoms with van der Waals surface area (Å²) < 4.78 is 6.26. The Morgan fingerprint density at radius 2 is 2.10 bits per heavy atom. The van der Waals surface area contributed by atoms with Gasteiger partial charge in [-0.1, -0.05) is 22.9 Å². The summed E-state index contributed by atoms with van der Waals surface area (Å²) in [5.41, 5.74) is 0.903. The van der Waals surface area contributed by atoms with Gasteiger partial charge in [0.1, 0.15) is 5.75 Å². The van der Waals surface area contributed by atoms with Crippen LogP contribution in [0.3, 0.4) is 0 Å². The van der Waals surface area contributed by atoms with E-state index in [1.165, 1.54) is 0 Å². The van der Waals surface area contributed by atoms with Crippen LogP contribution < -0.4 is 4.74 Å². The van der Waals surface area contributed by atoms with E-state index in [4.69, 9.17) is 4.74 Å². The Labute approximate surface area is 128 Å². The third-order valence-corrected chi connectivity index (χ3v) is 4.19. The predicted molar refractivity (Wildman–Crippen MR) is 84.7 cm³/mol. The number of carbonyl (C=O) groups excluding carboxylic acids is 1. The first-order valence-corrected chi connectivity index (χ1v) is 7.70. The molecular weight excluding hydrogens is 318 g/mol. The van der Waals surface area contributed by atoms with Gasteiger partial charge in [0.2, 0.25) is 5.91 Å². The van der Waals surface area contributed by atoms with Crippen LogP contribution in [0.2, 0.25) is 0 Å². The topological polar surface area (TPSA) is 29.5 Å². The van der Waals surface area contributed by atoms with Crippen molar-refractivity contribution in [3.05, 3.63) is 34.3 Å². The molecule has 20 heavy (non-hydrogen) atoms. The molecule has 0 spiro atoms. The van der Waals surface area contributed by atoms with Crippen molar-refractivity contribution in [2.24, 2.45) is 5.92 Å². The van der Waals surface area contributed by atoms with Gasteiger partial charge in [-0.25, -0.2) is 0 Å². The molecule has 108 valence electrons. The molecule has 0 saturated carbocycles. The maximum atomic E-state index is 12.1. The van der Waals surface area contributed by atoms with Gasteiger partial charge in [-0.05, 0) is 43.0 Å². The number of methoxy groups -OCH3 is 1. The number of nitrogens with zero attached hydrogens (tertiary/aromatic N) is 1. The molecule has 0 atom stereocenters. The summed E-state index contributed by atoms with van der Waals surface area (Å²) in [6.45, 7) is 3.96. The fourth-order valence-corrected chi connectivity index (χ4v) is 2.71. The Bertz CT molecular complexity index is 505. The lowest BCUT2D eigenvalue weighted by Gasteiger charge is -2.29. The van der Waals surface area contributed by atoms with Crippen molar-refractivity contribution in [3.8, 4) is 5.75 Å². The van der Waals surface area contributed by atoms with Crippen LogP contribution >= 0.6 is 15.9 Å². The zero-order valence-corrected chi connectivity index (χ0v) is 13.5. The summed E-state index contributed by atoms with van der Waals surface area (Å²) in [5, 5.41) is 0. The van der Waals surface area contributed by atoms with Gasteiger partial charge in [0, 0.05) is 29.2 Å². The maximum absolute atomic E-state index is 12.1. The van der Waals surface area contributed by atoms with E-state index in [2.05, 4.69) is 22.9 Å². The van der Waals surface area contributed by atoms with Crippen LogP contribution in [-0.2, 0) is 4.79 Å². The van der Waals surface area contributed by atoms with Crippen molar-refractivity contribution >= 4 is 27.9 Å². The third kappa shape index (κ3) is 3.85. The van der Waals surface area contributed by atoms with Crippen molar-refractivity contribution in [1.82, 2.24) is 4.90 Å². The van der Waals surface area contributed by atoms with Gasteiger partial charge in [-0.15, -0.1) is 0 Å². The van der Waals surface area contributed by atoms with E-state index in [1.54, 1.807) is 13.2 Å². The van der Waals surface area contributed by atoms with Crippen LogP contribution in [0.15, 0.2) is 28.7 Å². The fourth-order valence-electron chi connectivity index (χ4n) is 2.33. The minimum absolute atomic E-state index is 0.0823. The predicted octanol–water partition coefficient (Wildman–Crippen LogP) is 3.73. The van der Waals surface area contributed by atoms with Crippen molar-refractivity contribution in [3.63, 3.8) is 0 Å². The van der Waals surface area contributed by atoms with E-state index < -0.39 is 0 Å². The van der Waals surface area contributed by atoms with Gasteiger partial charge in [0.15, 0.2) is 0 Å². The quantitative estimate of drug-likeness (QED) is 0.786. The van der Waals surface area contributed by atoms with E-state index in [0.717, 1.165) is 47.6 Å². The Morgan fingerprint density at radius 3 is 2.75 bits per heavy atom. The summed E-state index contributed by atoms with van der Waals surface area (Å²) in [4.78, 5) is 14.1. The maximum Gasteiger partial charge on any atom is 0.246 e. The molecular formula is C16H20BrNO2. The smallest absolute Gasteiger partial charge is 0.246 e. The molecule has 1 aliphatic heterocycles. The molecule has 1 saturated heterocycles. The number of hydrogen-bond acceptors (Lipinski definition) is 2. The van der Waals surface area contributed by atoms with Gasteiger partial charge in [-0.2, -0.15) is 0 Å². The molecule has 1 heterocycles. The Balaban J connectivity index is 2.05. The molecule has 0 radical (unpaired) electrons. The molecule has 2 rings (SSSR count). The number of halogens is 1. The first-order chi connectivity index (χ1) is 9.60. The largest absolute Gasteiger partial charge is 0.496 e. The second kappa shape index (κ2) is 6.93. The fraction of sp³-hybridized carbons (Fsp3) is 0.438. The normalized spacial score (nSPS) is 16.6. The highest BCUT2D eigenvalue weighted by molar-refractivity contribution is 9.10. The zero-order valence-electron chi connectivity index (χ0n) is 11.9. The van der Waals surface area contributed by atoms with Crippen LogP contribution in [0.5, 0.6) is 5.75 Å². The van der Waals surface area contributed by atoms with Crippen LogP contribution in [0.1, 0.15) is 25.3 Å². The molecule has 1 amide bonds. The molecule has 1 aliphatic rings. The number of hydrogen-bond donors (Lipinski definition) is 0. The summed E-state index contributed by atoms with van der Waals surface area (Å²) in [6.07, 6.45) is 5.66. The van der Waals surface area contributed by atoms with Gasteiger partial charge in [-0.3, -0.25) is 4.79 Å². The molecule has 1 aromatic rings. The molecule has 4 heteroatoms. The Kier molecular flexibility index (Phi) is 5.24. The highest BCUT2D eigenvalue weighted by atomic mass is 79.9. The average molecular weight is 338 g/mol. The average Bonchev–Trinajstić information content (AvgIpc) is 2.45. The summed E-state index contributed by atoms with van der Waals surface area (Å²) in [6, 6.07) is 5.75. The van der Waals surface area contributed by atoms with E-state index >= 15 is 0 Å². The van der Waals surface area contributed by atoms with E-state index in [9.17, 15) is 4.79 Å². The number of likely N-dealkylation sites (tertiary alicyclic amines) is 1. The molecule has 0 aliphatic carbocycles. The number of carbonyl (C=O) groups is 1. The number of benzene rings is 1. The summed E-state index contributed by atoms with van der Waals surface area (Å²) in [7, 11) is 1.63. The number of piperidine rings is 1. The number of ether oxygens (including phenoxy) is 1. The summed E-state index contributed by atoms with van der Waals surface area (Å²) in [5.74, 6) is 1.58. The van der Waals surface area contributed by atoms with E-state index in [0.29, 0.717) is 0 Å². The standard InChI is InChI=1S/C16H20BrNO2/c1-12-7-9-18(10-8-12)16(19)6-3-13-11-14(17)4-5-15(13)20-2/h3-6,11-12H,7-10H2,1-2H3/b6-3+. The molecule has 1 aromatic carbocycles. The first-order valence-electron chi connectivity index (χ1n) is 6.90. The second-order valence-corrected chi connectivity index (χ2v) is 6.14. The molecule has 3 nitrogen and oxygen atoms in total. The molecule has 0 bridgehead atoms. The van der Waals surface area contributed by atoms with Gasteiger partial charge >= 0.3 is 0 Å². The van der Waals surface area contributed by atoms with E-state index in [1.807, 2.05) is 29.2 Å². The molecule has 0 N–H and O–H groups in total. The minimum atomic E-state index is 0.0823. The third-order valence-electron chi connectivity index (χ3n) is 3.69. The van der Waals surface area contributed by atoms with Crippen LogP contribution in [0, 0.1) is 5.92 Å². The van der Waals surface area contributed by atoms with Crippen LogP contribution in [-0.4, -0.2) is 31.0 Å². The van der Waals surface area contributed by atoms with Gasteiger partial charge < -0.3 is 9.64 Å². The van der Waals surface area contributed by atoms with Crippen molar-refractivity contribution < 1.29 is 9.53 Å². The van der Waals surface area contributed by atoms with Crippen LogP contribution in [0.25, 0.3) is 6.08 Å². The second-order valence-electron chi connectivity index (χ2n) is 5.23. The Morgan fingerprint density at radius 1 is 1.40 bits per heavy atom. The monoisotopic (exact) mass is 337 g/mol. The highest BCUT2D eigenvalue weighted by Crippen LogP contribution is 2.24. The highest BCUT2D eigenvalue weighted by Gasteiger charge is 2.18. The minimum Gasteiger partial charge on any atom is -0.496 e. The molecule has 0 aromatic heterocycles. The molecule has 1 fully saturated rings.